The molecule has 16 heavy (non-hydrogen) atoms. The zero-order valence-electron chi connectivity index (χ0n) is 9.37. The third kappa shape index (κ3) is 2.39. The average Bonchev–Trinajstić information content (AvgIpc) is 2.17. The zero-order chi connectivity index (χ0) is 12.3. The maximum absolute atomic E-state index is 13.1. The molecule has 1 rings (SSSR count). The molecule has 1 aromatic rings. The van der Waals surface area contributed by atoms with Crippen LogP contribution in [0.25, 0.3) is 5.57 Å². The number of allylic oxidation sites excluding steroid dienone is 1. The fraction of sp³-hybridized carbons (Fsp3) is 0.250. The lowest BCUT2D eigenvalue weighted by Crippen LogP contribution is -2.04. The largest absolute Gasteiger partial charge is 0.496 e. The highest BCUT2D eigenvalue weighted by Gasteiger charge is 2.17. The normalized spacial score (nSPS) is 9.75. The topological polar surface area (TPSA) is 46.5 Å². The molecule has 0 bridgehead atoms. The van der Waals surface area contributed by atoms with Crippen LogP contribution in [-0.4, -0.2) is 18.2 Å². The number of methoxy groups -OCH3 is 1. The minimum Gasteiger partial charge on any atom is -0.496 e. The number of carbonyl (C=O) groups is 1. The molecule has 0 aliphatic heterocycles. The first-order valence-corrected chi connectivity index (χ1v) is 4.72. The van der Waals surface area contributed by atoms with Gasteiger partial charge in [0, 0.05) is 5.56 Å². The highest BCUT2D eigenvalue weighted by molar-refractivity contribution is 6.17. The molecule has 1 aromatic carbocycles. The molecule has 86 valence electrons. The van der Waals surface area contributed by atoms with E-state index in [4.69, 9.17) is 9.84 Å². The van der Waals surface area contributed by atoms with Crippen molar-refractivity contribution in [2.45, 2.75) is 13.8 Å². The molecular formula is C12H13FO3. The quantitative estimate of drug-likeness (QED) is 0.803. The van der Waals surface area contributed by atoms with Crippen molar-refractivity contribution in [3.8, 4) is 5.75 Å². The van der Waals surface area contributed by atoms with Gasteiger partial charge < -0.3 is 9.84 Å². The summed E-state index contributed by atoms with van der Waals surface area (Å²) in [4.78, 5) is 11.1. The van der Waals surface area contributed by atoms with Gasteiger partial charge in [-0.1, -0.05) is 5.57 Å². The van der Waals surface area contributed by atoms with Gasteiger partial charge in [-0.25, -0.2) is 9.18 Å². The monoisotopic (exact) mass is 224 g/mol. The number of ether oxygens (including phenoxy) is 1. The van der Waals surface area contributed by atoms with Gasteiger partial charge in [-0.15, -0.1) is 0 Å². The van der Waals surface area contributed by atoms with E-state index < -0.39 is 11.8 Å². The van der Waals surface area contributed by atoms with Gasteiger partial charge >= 0.3 is 5.97 Å². The second-order valence-electron chi connectivity index (χ2n) is 3.52. The van der Waals surface area contributed by atoms with Gasteiger partial charge in [0.1, 0.15) is 11.6 Å². The van der Waals surface area contributed by atoms with Gasteiger partial charge in [0.05, 0.1) is 12.7 Å². The molecule has 0 amide bonds. The minimum absolute atomic E-state index is 0.0661. The number of carboxylic acid groups (broad SMARTS) is 1. The molecule has 0 fully saturated rings. The molecule has 4 heteroatoms. The van der Waals surface area contributed by atoms with Crippen molar-refractivity contribution in [1.82, 2.24) is 0 Å². The van der Waals surface area contributed by atoms with E-state index in [0.717, 1.165) is 6.07 Å². The molecule has 0 heterocycles. The number of hydrogen-bond acceptors (Lipinski definition) is 2. The summed E-state index contributed by atoms with van der Waals surface area (Å²) in [6.07, 6.45) is 0. The second kappa shape index (κ2) is 4.79. The van der Waals surface area contributed by atoms with Gasteiger partial charge in [0.15, 0.2) is 0 Å². The molecule has 1 N–H and O–H groups in total. The maximum Gasteiger partial charge on any atom is 0.336 e. The molecule has 0 aliphatic rings. The van der Waals surface area contributed by atoms with Crippen LogP contribution >= 0.6 is 0 Å². The molecule has 0 saturated carbocycles. The molecule has 0 unspecified atom stereocenters. The predicted molar refractivity (Wildman–Crippen MR) is 58.9 cm³/mol. The van der Waals surface area contributed by atoms with Crippen molar-refractivity contribution < 1.29 is 19.0 Å². The summed E-state index contributed by atoms with van der Waals surface area (Å²) in [5.41, 5.74) is 0.919. The first-order chi connectivity index (χ1) is 7.47. The van der Waals surface area contributed by atoms with Crippen LogP contribution in [0.2, 0.25) is 0 Å². The van der Waals surface area contributed by atoms with Crippen molar-refractivity contribution in [3.05, 3.63) is 35.2 Å². The first-order valence-electron chi connectivity index (χ1n) is 4.72. The third-order valence-electron chi connectivity index (χ3n) is 2.14. The van der Waals surface area contributed by atoms with E-state index in [0.29, 0.717) is 11.3 Å². The Kier molecular flexibility index (Phi) is 3.66. The van der Waals surface area contributed by atoms with Crippen LogP contribution in [0.5, 0.6) is 5.75 Å². The molecule has 3 nitrogen and oxygen atoms in total. The van der Waals surface area contributed by atoms with E-state index in [1.807, 2.05) is 0 Å². The Labute approximate surface area is 93.2 Å². The Balaban J connectivity index is 3.46. The van der Waals surface area contributed by atoms with Crippen LogP contribution in [0.1, 0.15) is 19.4 Å². The van der Waals surface area contributed by atoms with Crippen molar-refractivity contribution in [2.24, 2.45) is 0 Å². The zero-order valence-corrected chi connectivity index (χ0v) is 9.37. The summed E-state index contributed by atoms with van der Waals surface area (Å²) in [5, 5.41) is 9.07. The lowest BCUT2D eigenvalue weighted by Gasteiger charge is -2.10. The van der Waals surface area contributed by atoms with Crippen molar-refractivity contribution in [3.63, 3.8) is 0 Å². The van der Waals surface area contributed by atoms with Crippen molar-refractivity contribution in [1.29, 1.82) is 0 Å². The summed E-state index contributed by atoms with van der Waals surface area (Å²) in [7, 11) is 1.42. The van der Waals surface area contributed by atoms with E-state index in [2.05, 4.69) is 0 Å². The summed E-state index contributed by atoms with van der Waals surface area (Å²) in [5.74, 6) is -1.24. The fourth-order valence-electron chi connectivity index (χ4n) is 1.47. The smallest absolute Gasteiger partial charge is 0.336 e. The lowest BCUT2D eigenvalue weighted by molar-refractivity contribution is -0.130. The first kappa shape index (κ1) is 12.2. The highest BCUT2D eigenvalue weighted by atomic mass is 19.1. The summed E-state index contributed by atoms with van der Waals surface area (Å²) in [6, 6.07) is 3.80. The number of aliphatic carboxylic acids is 1. The van der Waals surface area contributed by atoms with Crippen LogP contribution in [0, 0.1) is 5.82 Å². The van der Waals surface area contributed by atoms with E-state index in [9.17, 15) is 9.18 Å². The Hall–Kier alpha value is -1.84. The summed E-state index contributed by atoms with van der Waals surface area (Å²) < 4.78 is 18.1. The Morgan fingerprint density at radius 2 is 2.00 bits per heavy atom. The van der Waals surface area contributed by atoms with Gasteiger partial charge in [0.2, 0.25) is 0 Å². The molecular weight excluding hydrogens is 211 g/mol. The molecule has 0 radical (unpaired) electrons. The van der Waals surface area contributed by atoms with Crippen LogP contribution in [0.15, 0.2) is 23.8 Å². The van der Waals surface area contributed by atoms with E-state index in [1.54, 1.807) is 13.8 Å². The van der Waals surface area contributed by atoms with Crippen molar-refractivity contribution >= 4 is 11.5 Å². The van der Waals surface area contributed by atoms with E-state index in [1.165, 1.54) is 19.2 Å². The Morgan fingerprint density at radius 1 is 1.38 bits per heavy atom. The fourth-order valence-corrected chi connectivity index (χ4v) is 1.47. The van der Waals surface area contributed by atoms with E-state index >= 15 is 0 Å². The van der Waals surface area contributed by atoms with Crippen LogP contribution in [0.3, 0.4) is 0 Å². The van der Waals surface area contributed by atoms with Crippen LogP contribution in [0.4, 0.5) is 4.39 Å². The van der Waals surface area contributed by atoms with Gasteiger partial charge in [-0.05, 0) is 32.0 Å². The Bertz CT molecular complexity index is 446. The molecule has 0 atom stereocenters. The van der Waals surface area contributed by atoms with Crippen LogP contribution in [-0.2, 0) is 4.79 Å². The highest BCUT2D eigenvalue weighted by Crippen LogP contribution is 2.29. The number of rotatable bonds is 3. The summed E-state index contributed by atoms with van der Waals surface area (Å²) in [6.45, 7) is 3.32. The SMILES string of the molecule is COc1ccc(F)cc1C(C(=O)O)=C(C)C. The van der Waals surface area contributed by atoms with Crippen molar-refractivity contribution in [2.75, 3.05) is 7.11 Å². The number of halogens is 1. The minimum atomic E-state index is -1.09. The molecule has 0 spiro atoms. The van der Waals surface area contributed by atoms with Gasteiger partial charge in [0.25, 0.3) is 0 Å². The maximum atomic E-state index is 13.1. The van der Waals surface area contributed by atoms with Gasteiger partial charge in [-0.2, -0.15) is 0 Å². The predicted octanol–water partition coefficient (Wildman–Crippen LogP) is 2.71. The van der Waals surface area contributed by atoms with Crippen LogP contribution < -0.4 is 4.74 Å². The van der Waals surface area contributed by atoms with Gasteiger partial charge in [-0.3, -0.25) is 0 Å². The lowest BCUT2D eigenvalue weighted by atomic mass is 10.0. The number of hydrogen-bond donors (Lipinski definition) is 1. The Morgan fingerprint density at radius 3 is 2.44 bits per heavy atom. The van der Waals surface area contributed by atoms with E-state index in [-0.39, 0.29) is 11.1 Å². The standard InChI is InChI=1S/C12H13FO3/c1-7(2)11(12(14)15)9-6-8(13)4-5-10(9)16-3/h4-6H,1-3H3,(H,14,15). The number of carboxylic acids is 1. The summed E-state index contributed by atoms with van der Waals surface area (Å²) >= 11 is 0. The molecule has 0 saturated heterocycles. The molecule has 0 aliphatic carbocycles. The third-order valence-corrected chi connectivity index (χ3v) is 2.14. The molecule has 0 aromatic heterocycles. The number of benzene rings is 1. The second-order valence-corrected chi connectivity index (χ2v) is 3.52. The average molecular weight is 224 g/mol.